The lowest BCUT2D eigenvalue weighted by atomic mass is 10.1. The summed E-state index contributed by atoms with van der Waals surface area (Å²) in [5.41, 5.74) is 3.84. The minimum absolute atomic E-state index is 0.195. The van der Waals surface area contributed by atoms with E-state index >= 15 is 0 Å². The summed E-state index contributed by atoms with van der Waals surface area (Å²) in [5.74, 6) is 5.06. The van der Waals surface area contributed by atoms with Gasteiger partial charge < -0.3 is 15.3 Å². The molecule has 2 atom stereocenters. The molecule has 1 heterocycles. The number of piperazine rings is 1. The van der Waals surface area contributed by atoms with Crippen molar-refractivity contribution >= 4 is 34.5 Å². The summed E-state index contributed by atoms with van der Waals surface area (Å²) in [6.07, 6.45) is -0.222. The van der Waals surface area contributed by atoms with Crippen molar-refractivity contribution in [2.45, 2.75) is 19.4 Å². The molecule has 39 heavy (non-hydrogen) atoms. The first-order valence-corrected chi connectivity index (χ1v) is 13.6. The van der Waals surface area contributed by atoms with E-state index in [-0.39, 0.29) is 12.3 Å². The average molecular weight is 547 g/mol. The predicted molar refractivity (Wildman–Crippen MR) is 151 cm³/mol. The summed E-state index contributed by atoms with van der Waals surface area (Å²) in [5, 5.41) is 13.7. The van der Waals surface area contributed by atoms with Gasteiger partial charge in [0.25, 0.3) is 5.91 Å². The monoisotopic (exact) mass is 546 g/mol. The summed E-state index contributed by atoms with van der Waals surface area (Å²) in [6.45, 7) is 3.86. The topological polar surface area (TPSA) is 113 Å². The molecule has 0 saturated carbocycles. The van der Waals surface area contributed by atoms with Crippen molar-refractivity contribution in [1.82, 2.24) is 9.42 Å². The van der Waals surface area contributed by atoms with Crippen molar-refractivity contribution in [3.05, 3.63) is 95.6 Å². The van der Waals surface area contributed by atoms with E-state index in [1.54, 1.807) is 24.1 Å². The SMILES string of the molecule is CC(CC(=O)O)N(N1CCN(c2ccc(C#Cc3cccc(C(=O)Nc4ccccc4)c3)cc2)CC1)S(=O)O. The van der Waals surface area contributed by atoms with Crippen molar-refractivity contribution in [3.63, 3.8) is 0 Å². The van der Waals surface area contributed by atoms with Crippen LogP contribution in [0.3, 0.4) is 0 Å². The van der Waals surface area contributed by atoms with Gasteiger partial charge in [0.1, 0.15) is 0 Å². The van der Waals surface area contributed by atoms with Crippen LogP contribution in [0.15, 0.2) is 78.9 Å². The van der Waals surface area contributed by atoms with Gasteiger partial charge in [0.05, 0.1) is 6.42 Å². The highest BCUT2D eigenvalue weighted by Gasteiger charge is 2.30. The number of hydrogen-bond acceptors (Lipinski definition) is 5. The van der Waals surface area contributed by atoms with Crippen LogP contribution >= 0.6 is 0 Å². The molecule has 1 fully saturated rings. The zero-order valence-corrected chi connectivity index (χ0v) is 22.3. The number of carbonyl (C=O) groups is 2. The fourth-order valence-electron chi connectivity index (χ4n) is 4.38. The highest BCUT2D eigenvalue weighted by molar-refractivity contribution is 7.76. The molecular formula is C29H30N4O5S. The number of hydrazine groups is 1. The lowest BCUT2D eigenvalue weighted by molar-refractivity contribution is -0.139. The second-order valence-corrected chi connectivity index (χ2v) is 9.95. The van der Waals surface area contributed by atoms with Gasteiger partial charge in [-0.2, -0.15) is 0 Å². The smallest absolute Gasteiger partial charge is 0.305 e. The quantitative estimate of drug-likeness (QED) is 0.292. The Morgan fingerprint density at radius 3 is 2.26 bits per heavy atom. The summed E-state index contributed by atoms with van der Waals surface area (Å²) < 4.78 is 22.8. The molecular weight excluding hydrogens is 516 g/mol. The van der Waals surface area contributed by atoms with Gasteiger partial charge in [-0.1, -0.05) is 36.1 Å². The summed E-state index contributed by atoms with van der Waals surface area (Å²) in [4.78, 5) is 25.8. The normalized spacial score (nSPS) is 15.2. The first-order valence-electron chi connectivity index (χ1n) is 12.5. The fraction of sp³-hybridized carbons (Fsp3) is 0.241. The number of rotatable bonds is 8. The van der Waals surface area contributed by atoms with Crippen LogP contribution in [0.2, 0.25) is 0 Å². The Morgan fingerprint density at radius 1 is 0.949 bits per heavy atom. The fourth-order valence-corrected chi connectivity index (χ4v) is 5.12. The maximum absolute atomic E-state index is 12.6. The first kappa shape index (κ1) is 28.0. The molecule has 0 radical (unpaired) electrons. The molecule has 9 nitrogen and oxygen atoms in total. The van der Waals surface area contributed by atoms with Gasteiger partial charge in [-0.15, -0.1) is 4.41 Å². The number of hydrogen-bond donors (Lipinski definition) is 3. The molecule has 1 saturated heterocycles. The van der Waals surface area contributed by atoms with Crippen LogP contribution in [0.4, 0.5) is 11.4 Å². The van der Waals surface area contributed by atoms with E-state index in [1.165, 1.54) is 4.41 Å². The second kappa shape index (κ2) is 13.2. The number of para-hydroxylation sites is 1. The Kier molecular flexibility index (Phi) is 9.46. The maximum atomic E-state index is 12.6. The number of carbonyl (C=O) groups excluding carboxylic acids is 1. The van der Waals surface area contributed by atoms with E-state index in [4.69, 9.17) is 5.11 Å². The van der Waals surface area contributed by atoms with Crippen LogP contribution < -0.4 is 10.2 Å². The molecule has 1 aliphatic rings. The van der Waals surface area contributed by atoms with E-state index in [0.29, 0.717) is 31.7 Å². The van der Waals surface area contributed by atoms with Gasteiger partial charge in [0.2, 0.25) is 11.3 Å². The van der Waals surface area contributed by atoms with Crippen LogP contribution in [0.5, 0.6) is 0 Å². The van der Waals surface area contributed by atoms with Crippen LogP contribution in [0.1, 0.15) is 34.8 Å². The summed E-state index contributed by atoms with van der Waals surface area (Å²) >= 11 is -2.30. The molecule has 0 bridgehead atoms. The Labute approximate surface area is 230 Å². The zero-order valence-electron chi connectivity index (χ0n) is 21.5. The van der Waals surface area contributed by atoms with Gasteiger partial charge in [-0.25, -0.2) is 9.22 Å². The molecule has 3 aromatic carbocycles. The third-order valence-corrected chi connectivity index (χ3v) is 7.19. The Hall–Kier alpha value is -4.01. The molecule has 2 unspecified atom stereocenters. The highest BCUT2D eigenvalue weighted by atomic mass is 32.2. The molecule has 0 spiro atoms. The van der Waals surface area contributed by atoms with E-state index in [0.717, 1.165) is 22.5 Å². The van der Waals surface area contributed by atoms with E-state index in [1.807, 2.05) is 66.7 Å². The van der Waals surface area contributed by atoms with Crippen molar-refractivity contribution in [2.24, 2.45) is 0 Å². The average Bonchev–Trinajstić information content (AvgIpc) is 2.93. The van der Waals surface area contributed by atoms with E-state index < -0.39 is 23.3 Å². The third kappa shape index (κ3) is 7.75. The number of aliphatic carboxylic acids is 1. The van der Waals surface area contributed by atoms with Gasteiger partial charge in [0, 0.05) is 60.3 Å². The van der Waals surface area contributed by atoms with Gasteiger partial charge in [0.15, 0.2) is 0 Å². The van der Waals surface area contributed by atoms with Gasteiger partial charge in [-0.3, -0.25) is 14.1 Å². The number of carboxylic acid groups (broad SMARTS) is 1. The minimum atomic E-state index is -2.30. The highest BCUT2D eigenvalue weighted by Crippen LogP contribution is 2.20. The molecule has 1 aliphatic heterocycles. The Balaban J connectivity index is 1.35. The van der Waals surface area contributed by atoms with Crippen molar-refractivity contribution in [1.29, 1.82) is 0 Å². The van der Waals surface area contributed by atoms with Crippen LogP contribution in [0.25, 0.3) is 0 Å². The molecule has 1 amide bonds. The largest absolute Gasteiger partial charge is 0.481 e. The standard InChI is InChI=1S/C29H30N4O5S/c1-22(20-28(34)35)33(39(37)38)32-18-16-31(17-19-32)27-14-12-23(13-15-27)10-11-24-6-5-7-25(21-24)29(36)30-26-8-3-2-4-9-26/h2-9,12-15,21-22H,16-20H2,1H3,(H,30,36)(H,34,35)(H,37,38). The van der Waals surface area contributed by atoms with E-state index in [9.17, 15) is 18.4 Å². The van der Waals surface area contributed by atoms with Crippen molar-refractivity contribution in [2.75, 3.05) is 36.4 Å². The lowest BCUT2D eigenvalue weighted by Crippen LogP contribution is -2.57. The number of benzene rings is 3. The number of amides is 1. The number of nitrogens with zero attached hydrogens (tertiary/aromatic N) is 3. The van der Waals surface area contributed by atoms with Crippen molar-refractivity contribution in [3.8, 4) is 11.8 Å². The first-order chi connectivity index (χ1) is 18.8. The lowest BCUT2D eigenvalue weighted by Gasteiger charge is -2.41. The Bertz CT molecular complexity index is 1380. The number of carboxylic acids is 1. The van der Waals surface area contributed by atoms with Gasteiger partial charge in [-0.05, 0) is 61.5 Å². The van der Waals surface area contributed by atoms with Crippen LogP contribution in [-0.4, -0.2) is 67.4 Å². The summed E-state index contributed by atoms with van der Waals surface area (Å²) in [7, 11) is 0. The molecule has 0 aliphatic carbocycles. The predicted octanol–water partition coefficient (Wildman–Crippen LogP) is 3.68. The van der Waals surface area contributed by atoms with Gasteiger partial charge >= 0.3 is 5.97 Å². The van der Waals surface area contributed by atoms with Crippen molar-refractivity contribution < 1.29 is 23.5 Å². The molecule has 10 heteroatoms. The maximum Gasteiger partial charge on any atom is 0.305 e. The molecule has 0 aromatic heterocycles. The van der Waals surface area contributed by atoms with Crippen LogP contribution in [-0.2, 0) is 16.1 Å². The molecule has 3 aromatic rings. The Morgan fingerprint density at radius 2 is 1.62 bits per heavy atom. The summed E-state index contributed by atoms with van der Waals surface area (Å²) in [6, 6.07) is 23.7. The molecule has 3 N–H and O–H groups in total. The number of anilines is 2. The molecule has 202 valence electrons. The third-order valence-electron chi connectivity index (χ3n) is 6.28. The zero-order chi connectivity index (χ0) is 27.8. The second-order valence-electron chi connectivity index (χ2n) is 9.12. The minimum Gasteiger partial charge on any atom is -0.481 e. The van der Waals surface area contributed by atoms with E-state index in [2.05, 4.69) is 22.1 Å². The number of nitrogens with one attached hydrogen (secondary N) is 1. The van der Waals surface area contributed by atoms with Crippen LogP contribution in [0, 0.1) is 11.8 Å². The molecule has 4 rings (SSSR count).